The van der Waals surface area contributed by atoms with Gasteiger partial charge >= 0.3 is 0 Å². The Morgan fingerprint density at radius 3 is 1.59 bits per heavy atom. The Morgan fingerprint density at radius 2 is 1.15 bits per heavy atom. The van der Waals surface area contributed by atoms with Gasteiger partial charge in [-0.15, -0.1) is 10.2 Å². The maximum absolute atomic E-state index is 10.2. The van der Waals surface area contributed by atoms with Crippen LogP contribution in [-0.4, -0.2) is 132 Å². The van der Waals surface area contributed by atoms with Gasteiger partial charge in [0.2, 0.25) is 0 Å². The molecule has 2 fully saturated rings. The fourth-order valence-electron chi connectivity index (χ4n) is 4.84. The van der Waals surface area contributed by atoms with E-state index in [0.29, 0.717) is 28.5 Å². The van der Waals surface area contributed by atoms with Crippen LogP contribution < -0.4 is 9.47 Å². The normalized spacial score (nSPS) is 31.3. The Labute approximate surface area is 259 Å². The molecule has 0 saturated carbocycles. The van der Waals surface area contributed by atoms with Crippen LogP contribution in [0.4, 0.5) is 0 Å². The lowest BCUT2D eigenvalue weighted by Gasteiger charge is -2.38. The van der Waals surface area contributed by atoms with E-state index in [1.807, 2.05) is 0 Å². The van der Waals surface area contributed by atoms with Crippen LogP contribution in [0.25, 0.3) is 10.4 Å². The fraction of sp³-hybridized carbons (Fsp3) is 0.600. The monoisotopic (exact) mass is 651 g/mol. The molecule has 0 bridgehead atoms. The quantitative estimate of drug-likeness (QED) is 0.0533. The molecule has 1 aromatic carbocycles. The summed E-state index contributed by atoms with van der Waals surface area (Å²) in [4.78, 5) is 2.77. The summed E-state index contributed by atoms with van der Waals surface area (Å²) < 4.78 is 24.7. The zero-order valence-electron chi connectivity index (χ0n) is 23.9. The van der Waals surface area contributed by atoms with Crippen molar-refractivity contribution in [2.75, 3.05) is 0 Å². The molecule has 0 spiro atoms. The molecule has 46 heavy (non-hydrogen) atoms. The summed E-state index contributed by atoms with van der Waals surface area (Å²) in [5.74, 6) is 0.681. The third-order valence-corrected chi connectivity index (χ3v) is 7.31. The van der Waals surface area contributed by atoms with E-state index >= 15 is 0 Å². The van der Waals surface area contributed by atoms with E-state index in [0.717, 1.165) is 0 Å². The van der Waals surface area contributed by atoms with Gasteiger partial charge in [-0.1, -0.05) is 15.5 Å². The minimum atomic E-state index is -1.68. The van der Waals surface area contributed by atoms with Crippen molar-refractivity contribution in [2.24, 2.45) is 5.11 Å². The summed E-state index contributed by atoms with van der Waals surface area (Å²) in [6, 6.07) is 4.85. The van der Waals surface area contributed by atoms with E-state index in [1.54, 1.807) is 18.2 Å². The molecule has 2 saturated heterocycles. The predicted octanol–water partition coefficient (Wildman–Crippen LogP) is -3.56. The summed E-state index contributed by atoms with van der Waals surface area (Å²) >= 11 is 0. The van der Waals surface area contributed by atoms with E-state index in [9.17, 15) is 40.9 Å². The second-order valence-corrected chi connectivity index (χ2v) is 10.7. The second kappa shape index (κ2) is 14.6. The van der Waals surface area contributed by atoms with Crippen LogP contribution in [0.1, 0.15) is 17.0 Å². The standard InChI is InChI=1S/C25H33N9O12/c26-30-27-4-11-1-14(43-9-12-5-33(31-28-12)7-16-18(35)20(37)22(39)24(41)45-16)3-15(2-11)44-10-13-6-34(32-29-13)8-17-19(36)21(38)23(40)25(42)46-17/h1-3,5-6,16-25,35-42H,4,7-10H2/t16-,17-,18-,19-,20+,21+,22-,23-,24?,25?/m1/s1. The van der Waals surface area contributed by atoms with Gasteiger partial charge in [0.1, 0.15) is 84.9 Å². The molecule has 0 amide bonds. The molecule has 3 aromatic rings. The van der Waals surface area contributed by atoms with Gasteiger partial charge in [0, 0.05) is 11.0 Å². The van der Waals surface area contributed by atoms with Crippen LogP contribution in [-0.2, 0) is 42.3 Å². The number of hydrogen-bond donors (Lipinski definition) is 8. The van der Waals surface area contributed by atoms with Gasteiger partial charge in [-0.3, -0.25) is 0 Å². The van der Waals surface area contributed by atoms with Crippen LogP contribution in [0.2, 0.25) is 0 Å². The highest BCUT2D eigenvalue weighted by Crippen LogP contribution is 2.26. The topological polar surface area (TPSA) is 309 Å². The molecule has 2 aliphatic heterocycles. The molecule has 2 unspecified atom stereocenters. The number of nitrogens with zero attached hydrogens (tertiary/aromatic N) is 9. The number of azide groups is 1. The first-order valence-electron chi connectivity index (χ1n) is 14.0. The largest absolute Gasteiger partial charge is 0.487 e. The van der Waals surface area contributed by atoms with Gasteiger partial charge in [-0.2, -0.15) is 0 Å². The van der Waals surface area contributed by atoms with Gasteiger partial charge < -0.3 is 59.8 Å². The minimum absolute atomic E-state index is 0.00263. The number of aromatic nitrogens is 6. The van der Waals surface area contributed by atoms with Crippen LogP contribution in [0.15, 0.2) is 35.7 Å². The molecule has 5 rings (SSSR count). The number of ether oxygens (including phenoxy) is 4. The van der Waals surface area contributed by atoms with Gasteiger partial charge in [0.05, 0.1) is 32.0 Å². The highest BCUT2D eigenvalue weighted by molar-refractivity contribution is 5.38. The van der Waals surface area contributed by atoms with E-state index in [4.69, 9.17) is 24.5 Å². The van der Waals surface area contributed by atoms with Crippen molar-refractivity contribution in [3.8, 4) is 11.5 Å². The maximum atomic E-state index is 10.2. The first kappa shape index (κ1) is 33.4. The van der Waals surface area contributed by atoms with Crippen molar-refractivity contribution in [1.29, 1.82) is 0 Å². The average molecular weight is 652 g/mol. The van der Waals surface area contributed by atoms with Gasteiger partial charge in [0.15, 0.2) is 12.6 Å². The number of rotatable bonds is 12. The van der Waals surface area contributed by atoms with Crippen molar-refractivity contribution >= 4 is 0 Å². The molecular weight excluding hydrogens is 618 g/mol. The molecule has 10 atom stereocenters. The summed E-state index contributed by atoms with van der Waals surface area (Å²) in [6.45, 7) is -0.262. The summed E-state index contributed by atoms with van der Waals surface area (Å²) in [6.07, 6.45) is -11.9. The first-order chi connectivity index (χ1) is 22.0. The highest BCUT2D eigenvalue weighted by atomic mass is 16.6. The van der Waals surface area contributed by atoms with Crippen molar-refractivity contribution in [1.82, 2.24) is 30.0 Å². The molecule has 0 radical (unpaired) electrons. The maximum Gasteiger partial charge on any atom is 0.184 e. The van der Waals surface area contributed by atoms with Crippen LogP contribution >= 0.6 is 0 Å². The molecule has 2 aromatic heterocycles. The summed E-state index contributed by atoms with van der Waals surface area (Å²) in [7, 11) is 0. The Balaban J connectivity index is 1.18. The van der Waals surface area contributed by atoms with Crippen molar-refractivity contribution in [3.63, 3.8) is 0 Å². The van der Waals surface area contributed by atoms with E-state index in [-0.39, 0.29) is 32.8 Å². The van der Waals surface area contributed by atoms with Crippen LogP contribution in [0.5, 0.6) is 11.5 Å². The Kier molecular flexibility index (Phi) is 10.6. The molecule has 2 aliphatic rings. The number of hydrogen-bond acceptors (Lipinski definition) is 17. The second-order valence-electron chi connectivity index (χ2n) is 10.7. The summed E-state index contributed by atoms with van der Waals surface area (Å²) in [5.41, 5.74) is 10.1. The fourth-order valence-corrected chi connectivity index (χ4v) is 4.84. The van der Waals surface area contributed by atoms with Crippen molar-refractivity contribution in [3.05, 3.63) is 58.0 Å². The molecule has 8 N–H and O–H groups in total. The van der Waals surface area contributed by atoms with E-state index in [1.165, 1.54) is 21.8 Å². The molecule has 0 aliphatic carbocycles. The van der Waals surface area contributed by atoms with Gasteiger partial charge in [-0.25, -0.2) is 9.36 Å². The lowest BCUT2D eigenvalue weighted by atomic mass is 9.99. The first-order valence-corrected chi connectivity index (χ1v) is 14.0. The molecule has 4 heterocycles. The number of aliphatic hydroxyl groups is 8. The molecule has 21 nitrogen and oxygen atoms in total. The Hall–Kier alpha value is -3.99. The third-order valence-electron chi connectivity index (χ3n) is 7.31. The van der Waals surface area contributed by atoms with Crippen molar-refractivity contribution < 1.29 is 59.8 Å². The minimum Gasteiger partial charge on any atom is -0.487 e. The van der Waals surface area contributed by atoms with E-state index < -0.39 is 61.4 Å². The molecular formula is C25H33N9O12. The van der Waals surface area contributed by atoms with Crippen LogP contribution in [0, 0.1) is 0 Å². The predicted molar refractivity (Wildman–Crippen MR) is 146 cm³/mol. The van der Waals surface area contributed by atoms with Crippen molar-refractivity contribution in [2.45, 2.75) is 94.3 Å². The van der Waals surface area contributed by atoms with E-state index in [2.05, 4.69) is 30.7 Å². The number of aliphatic hydroxyl groups excluding tert-OH is 8. The molecule has 250 valence electrons. The Morgan fingerprint density at radius 1 is 0.696 bits per heavy atom. The SMILES string of the molecule is [N-]=[N+]=NCc1cc(OCc2cn(C[C@H]3OC(O)[C@H](O)[C@@H](O)[C@@H]3O)nn2)cc(OCc2cn(C[C@H]3OC(O)[C@H](O)[C@@H](O)[C@@H]3O)nn2)c1. The van der Waals surface area contributed by atoms with Crippen LogP contribution in [0.3, 0.4) is 0 Å². The Bertz CT molecular complexity index is 1410. The summed E-state index contributed by atoms with van der Waals surface area (Å²) in [5, 5.41) is 98.3. The highest BCUT2D eigenvalue weighted by Gasteiger charge is 2.44. The molecule has 21 heteroatoms. The zero-order chi connectivity index (χ0) is 33.0. The third kappa shape index (κ3) is 7.86. The van der Waals surface area contributed by atoms with Gasteiger partial charge in [0.25, 0.3) is 0 Å². The smallest absolute Gasteiger partial charge is 0.184 e. The average Bonchev–Trinajstić information content (AvgIpc) is 3.70. The zero-order valence-corrected chi connectivity index (χ0v) is 23.9. The number of benzene rings is 1. The lowest BCUT2D eigenvalue weighted by molar-refractivity contribution is -0.284. The van der Waals surface area contributed by atoms with Gasteiger partial charge in [-0.05, 0) is 23.2 Å². The lowest BCUT2D eigenvalue weighted by Crippen LogP contribution is -2.58.